The molecule has 0 radical (unpaired) electrons. The summed E-state index contributed by atoms with van der Waals surface area (Å²) in [6.07, 6.45) is 4.12. The normalized spacial score (nSPS) is 15.5. The third kappa shape index (κ3) is 5.30. The van der Waals surface area contributed by atoms with Gasteiger partial charge in [-0.1, -0.05) is 24.3 Å². The van der Waals surface area contributed by atoms with Crippen LogP contribution in [0.4, 0.5) is 5.82 Å². The lowest BCUT2D eigenvalue weighted by atomic mass is 10.1. The molecular formula is C18H21BrN2O2. The Bertz CT molecular complexity index is 613. The van der Waals surface area contributed by atoms with E-state index in [1.54, 1.807) is 6.20 Å². The number of nitrogens with zero attached hydrogens (tertiary/aromatic N) is 1. The zero-order valence-corrected chi connectivity index (χ0v) is 14.6. The van der Waals surface area contributed by atoms with Crippen LogP contribution in [0.2, 0.25) is 0 Å². The second kappa shape index (κ2) is 8.43. The van der Waals surface area contributed by atoms with Crippen LogP contribution in [0.5, 0.6) is 0 Å². The minimum absolute atomic E-state index is 0.331. The highest BCUT2D eigenvalue weighted by Gasteiger charge is 2.13. The molecule has 1 saturated heterocycles. The van der Waals surface area contributed by atoms with Gasteiger partial charge in [0.1, 0.15) is 5.82 Å². The van der Waals surface area contributed by atoms with Crippen LogP contribution in [0.15, 0.2) is 47.1 Å². The molecule has 1 aromatic heterocycles. The van der Waals surface area contributed by atoms with E-state index in [1.807, 2.05) is 12.1 Å². The van der Waals surface area contributed by atoms with E-state index in [0.717, 1.165) is 42.9 Å². The van der Waals surface area contributed by atoms with Crippen LogP contribution < -0.4 is 5.32 Å². The Morgan fingerprint density at radius 1 is 1.17 bits per heavy atom. The third-order valence-corrected chi connectivity index (χ3v) is 4.32. The maximum atomic E-state index is 5.98. The lowest BCUT2D eigenvalue weighted by molar-refractivity contribution is -0.0390. The van der Waals surface area contributed by atoms with Gasteiger partial charge in [0.15, 0.2) is 0 Å². The summed E-state index contributed by atoms with van der Waals surface area (Å²) in [6, 6.07) is 12.4. The molecule has 122 valence electrons. The van der Waals surface area contributed by atoms with Gasteiger partial charge in [-0.15, -0.1) is 0 Å². The zero-order valence-electron chi connectivity index (χ0n) is 13.0. The quantitative estimate of drug-likeness (QED) is 0.821. The Balaban J connectivity index is 1.51. The first kappa shape index (κ1) is 16.4. The second-order valence-electron chi connectivity index (χ2n) is 5.66. The van der Waals surface area contributed by atoms with Crippen molar-refractivity contribution in [2.75, 3.05) is 18.5 Å². The van der Waals surface area contributed by atoms with Crippen LogP contribution >= 0.6 is 15.9 Å². The van der Waals surface area contributed by atoms with Gasteiger partial charge in [-0.05, 0) is 52.0 Å². The number of ether oxygens (including phenoxy) is 2. The van der Waals surface area contributed by atoms with Gasteiger partial charge in [-0.25, -0.2) is 4.98 Å². The third-order valence-electron chi connectivity index (χ3n) is 3.85. The highest BCUT2D eigenvalue weighted by Crippen LogP contribution is 2.15. The van der Waals surface area contributed by atoms with Crippen molar-refractivity contribution in [3.63, 3.8) is 0 Å². The fourth-order valence-corrected chi connectivity index (χ4v) is 2.79. The van der Waals surface area contributed by atoms with E-state index in [0.29, 0.717) is 12.7 Å². The summed E-state index contributed by atoms with van der Waals surface area (Å²) in [5.74, 6) is 0.872. The van der Waals surface area contributed by atoms with Gasteiger partial charge in [-0.3, -0.25) is 0 Å². The van der Waals surface area contributed by atoms with E-state index >= 15 is 0 Å². The lowest BCUT2D eigenvalue weighted by Gasteiger charge is -2.22. The van der Waals surface area contributed by atoms with Crippen molar-refractivity contribution < 1.29 is 9.47 Å². The van der Waals surface area contributed by atoms with Gasteiger partial charge in [0.25, 0.3) is 0 Å². The first-order chi connectivity index (χ1) is 11.3. The average molecular weight is 377 g/mol. The number of anilines is 1. The maximum absolute atomic E-state index is 5.98. The highest BCUT2D eigenvalue weighted by molar-refractivity contribution is 9.10. The first-order valence-corrected chi connectivity index (χ1v) is 8.71. The molecule has 1 aromatic carbocycles. The van der Waals surface area contributed by atoms with Gasteiger partial charge in [0, 0.05) is 30.4 Å². The van der Waals surface area contributed by atoms with Crippen LogP contribution in [0.1, 0.15) is 24.0 Å². The topological polar surface area (TPSA) is 43.4 Å². The van der Waals surface area contributed by atoms with Gasteiger partial charge >= 0.3 is 0 Å². The summed E-state index contributed by atoms with van der Waals surface area (Å²) in [6.45, 7) is 3.04. The number of hydrogen-bond acceptors (Lipinski definition) is 4. The van der Waals surface area contributed by atoms with E-state index in [2.05, 4.69) is 50.5 Å². The van der Waals surface area contributed by atoms with Gasteiger partial charge < -0.3 is 14.8 Å². The van der Waals surface area contributed by atoms with E-state index in [4.69, 9.17) is 9.47 Å². The van der Waals surface area contributed by atoms with Crippen molar-refractivity contribution in [1.82, 2.24) is 4.98 Å². The fourth-order valence-electron chi connectivity index (χ4n) is 2.56. The summed E-state index contributed by atoms with van der Waals surface area (Å²) in [7, 11) is 0. The number of rotatable bonds is 6. The number of pyridine rings is 1. The van der Waals surface area contributed by atoms with Crippen molar-refractivity contribution in [2.24, 2.45) is 0 Å². The van der Waals surface area contributed by atoms with Gasteiger partial charge in [-0.2, -0.15) is 0 Å². The molecule has 1 aliphatic heterocycles. The molecular weight excluding hydrogens is 356 g/mol. The Labute approximate surface area is 145 Å². The number of aromatic nitrogens is 1. The number of hydrogen-bond donors (Lipinski definition) is 1. The fraction of sp³-hybridized carbons (Fsp3) is 0.389. The second-order valence-corrected chi connectivity index (χ2v) is 6.57. The molecule has 23 heavy (non-hydrogen) atoms. The molecule has 2 aromatic rings. The molecule has 0 aliphatic carbocycles. The molecule has 0 bridgehead atoms. The average Bonchev–Trinajstić information content (AvgIpc) is 2.61. The lowest BCUT2D eigenvalue weighted by Crippen LogP contribution is -2.23. The summed E-state index contributed by atoms with van der Waals surface area (Å²) in [5, 5.41) is 3.33. The molecule has 1 N–H and O–H groups in total. The van der Waals surface area contributed by atoms with E-state index in [1.165, 1.54) is 11.1 Å². The summed E-state index contributed by atoms with van der Waals surface area (Å²) >= 11 is 3.39. The Kier molecular flexibility index (Phi) is 6.02. The van der Waals surface area contributed by atoms with Crippen LogP contribution in [0.25, 0.3) is 0 Å². The van der Waals surface area contributed by atoms with Crippen LogP contribution in [0, 0.1) is 0 Å². The molecule has 2 heterocycles. The number of benzene rings is 1. The first-order valence-electron chi connectivity index (χ1n) is 7.92. The largest absolute Gasteiger partial charge is 0.381 e. The molecule has 0 atom stereocenters. The summed E-state index contributed by atoms with van der Waals surface area (Å²) < 4.78 is 12.3. The Hall–Kier alpha value is -1.43. The molecule has 0 amide bonds. The summed E-state index contributed by atoms with van der Waals surface area (Å²) in [4.78, 5) is 4.32. The number of halogens is 1. The maximum Gasteiger partial charge on any atom is 0.126 e. The molecule has 0 unspecified atom stereocenters. The van der Waals surface area contributed by atoms with Gasteiger partial charge in [0.2, 0.25) is 0 Å². The highest BCUT2D eigenvalue weighted by atomic mass is 79.9. The standard InChI is InChI=1S/C18H21BrN2O2/c19-16-4-5-18(21-12-16)20-11-14-2-1-3-15(10-14)13-23-17-6-8-22-9-7-17/h1-5,10,12,17H,6-9,11,13H2,(H,20,21). The monoisotopic (exact) mass is 376 g/mol. The van der Waals surface area contributed by atoms with Crippen LogP contribution in [0.3, 0.4) is 0 Å². The number of nitrogens with one attached hydrogen (secondary N) is 1. The summed E-state index contributed by atoms with van der Waals surface area (Å²) in [5.41, 5.74) is 2.43. The van der Waals surface area contributed by atoms with Crippen LogP contribution in [-0.4, -0.2) is 24.3 Å². The molecule has 3 rings (SSSR count). The van der Waals surface area contributed by atoms with Crippen molar-refractivity contribution in [1.29, 1.82) is 0 Å². The van der Waals surface area contributed by atoms with Gasteiger partial charge in [0.05, 0.1) is 12.7 Å². The predicted molar refractivity (Wildman–Crippen MR) is 94.3 cm³/mol. The minimum atomic E-state index is 0.331. The van der Waals surface area contributed by atoms with E-state index < -0.39 is 0 Å². The predicted octanol–water partition coefficient (Wildman–Crippen LogP) is 4.15. The molecule has 1 aliphatic rings. The Morgan fingerprint density at radius 3 is 2.78 bits per heavy atom. The van der Waals surface area contributed by atoms with Crippen LogP contribution in [-0.2, 0) is 22.6 Å². The smallest absolute Gasteiger partial charge is 0.126 e. The van der Waals surface area contributed by atoms with Crippen molar-refractivity contribution in [3.05, 3.63) is 58.2 Å². The van der Waals surface area contributed by atoms with E-state index in [-0.39, 0.29) is 0 Å². The molecule has 4 nitrogen and oxygen atoms in total. The SMILES string of the molecule is Brc1ccc(NCc2cccc(COC3CCOCC3)c2)nc1. The molecule has 0 spiro atoms. The van der Waals surface area contributed by atoms with E-state index in [9.17, 15) is 0 Å². The molecule has 1 fully saturated rings. The van der Waals surface area contributed by atoms with Crippen molar-refractivity contribution >= 4 is 21.7 Å². The molecule has 5 heteroatoms. The van der Waals surface area contributed by atoms with Crippen molar-refractivity contribution in [3.8, 4) is 0 Å². The minimum Gasteiger partial charge on any atom is -0.381 e. The zero-order chi connectivity index (χ0) is 15.9. The molecule has 0 saturated carbocycles. The van der Waals surface area contributed by atoms with Crippen molar-refractivity contribution in [2.45, 2.75) is 32.1 Å². The Morgan fingerprint density at radius 2 is 2.00 bits per heavy atom.